The van der Waals surface area contributed by atoms with Crippen LogP contribution >= 0.6 is 11.3 Å². The van der Waals surface area contributed by atoms with E-state index in [0.29, 0.717) is 47.0 Å². The third-order valence-electron chi connectivity index (χ3n) is 5.64. The number of rotatable bonds is 5. The molecule has 0 spiro atoms. The van der Waals surface area contributed by atoms with Gasteiger partial charge in [-0.1, -0.05) is 18.2 Å². The van der Waals surface area contributed by atoms with Gasteiger partial charge in [0.15, 0.2) is 9.84 Å². The molecule has 10 heteroatoms. The second-order valence-electron chi connectivity index (χ2n) is 7.75. The Hall–Kier alpha value is -2.82. The Labute approximate surface area is 182 Å². The minimum absolute atomic E-state index is 0.176. The van der Waals surface area contributed by atoms with Crippen LogP contribution in [-0.2, 0) is 16.4 Å². The molecule has 4 heterocycles. The first-order chi connectivity index (χ1) is 14.9. The van der Waals surface area contributed by atoms with Gasteiger partial charge in [0.1, 0.15) is 10.5 Å². The largest absolute Gasteiger partial charge is 0.308 e. The van der Waals surface area contributed by atoms with Crippen molar-refractivity contribution in [3.63, 3.8) is 0 Å². The first kappa shape index (κ1) is 20.1. The molecule has 31 heavy (non-hydrogen) atoms. The standard InChI is InChI=1S/C21H21N5O3S2/c1-13-16(10-22-25-13)18-9-17-20(30-18)21(27)24-19(23-17)12-26-8-7-15(11-26)31(28,29)14-5-3-2-4-6-14/h2-6,9-10,15H,7-8,11-12H2,1H3,(H,22,25)(H,23,24,27). The average molecular weight is 456 g/mol. The number of hydrogen-bond donors (Lipinski definition) is 2. The predicted molar refractivity (Wildman–Crippen MR) is 120 cm³/mol. The van der Waals surface area contributed by atoms with Gasteiger partial charge in [0, 0.05) is 22.7 Å². The van der Waals surface area contributed by atoms with Crippen molar-refractivity contribution >= 4 is 31.4 Å². The molecule has 5 rings (SSSR count). The number of aromatic amines is 2. The number of benzene rings is 1. The molecule has 160 valence electrons. The van der Waals surface area contributed by atoms with E-state index in [1.54, 1.807) is 30.5 Å². The van der Waals surface area contributed by atoms with Gasteiger partial charge < -0.3 is 4.98 Å². The lowest BCUT2D eigenvalue weighted by molar-refractivity contribution is 0.322. The third-order valence-corrected chi connectivity index (χ3v) is 8.99. The van der Waals surface area contributed by atoms with E-state index in [4.69, 9.17) is 0 Å². The summed E-state index contributed by atoms with van der Waals surface area (Å²) in [7, 11) is -3.37. The van der Waals surface area contributed by atoms with Gasteiger partial charge in [0.25, 0.3) is 5.56 Å². The fraction of sp³-hybridized carbons (Fsp3) is 0.286. The highest BCUT2D eigenvalue weighted by Crippen LogP contribution is 2.32. The van der Waals surface area contributed by atoms with Gasteiger partial charge in [-0.05, 0) is 38.1 Å². The molecular formula is C21H21N5O3S2. The summed E-state index contributed by atoms with van der Waals surface area (Å²) in [5.41, 5.74) is 2.36. The van der Waals surface area contributed by atoms with Crippen LogP contribution in [0.15, 0.2) is 52.3 Å². The maximum absolute atomic E-state index is 12.9. The molecular weight excluding hydrogens is 434 g/mol. The van der Waals surface area contributed by atoms with Gasteiger partial charge in [-0.2, -0.15) is 5.10 Å². The third kappa shape index (κ3) is 3.71. The summed E-state index contributed by atoms with van der Waals surface area (Å²) < 4.78 is 26.4. The van der Waals surface area contributed by atoms with Gasteiger partial charge in [-0.3, -0.25) is 14.8 Å². The van der Waals surface area contributed by atoms with E-state index in [9.17, 15) is 13.2 Å². The molecule has 0 aliphatic carbocycles. The van der Waals surface area contributed by atoms with Crippen LogP contribution < -0.4 is 5.56 Å². The first-order valence-corrected chi connectivity index (χ1v) is 12.3. The number of hydrogen-bond acceptors (Lipinski definition) is 7. The average Bonchev–Trinajstić information content (AvgIpc) is 3.48. The van der Waals surface area contributed by atoms with E-state index in [1.807, 2.05) is 24.0 Å². The molecule has 8 nitrogen and oxygen atoms in total. The molecule has 1 unspecified atom stereocenters. The zero-order chi connectivity index (χ0) is 21.6. The molecule has 0 radical (unpaired) electrons. The molecule has 1 saturated heterocycles. The smallest absolute Gasteiger partial charge is 0.268 e. The van der Waals surface area contributed by atoms with Crippen LogP contribution in [-0.4, -0.2) is 51.8 Å². The van der Waals surface area contributed by atoms with Gasteiger partial charge in [-0.15, -0.1) is 11.3 Å². The molecule has 0 amide bonds. The summed E-state index contributed by atoms with van der Waals surface area (Å²) in [4.78, 5) is 23.5. The molecule has 0 saturated carbocycles. The van der Waals surface area contributed by atoms with Crippen molar-refractivity contribution in [3.8, 4) is 10.4 Å². The molecule has 1 aliphatic heterocycles. The molecule has 0 bridgehead atoms. The number of H-pyrrole nitrogens is 2. The SMILES string of the molecule is Cc1[nH]ncc1-c1cc2nc(CN3CCC(S(=O)(=O)c4ccccc4)C3)[nH]c(=O)c2s1. The fourth-order valence-corrected chi connectivity index (χ4v) is 6.81. The first-order valence-electron chi connectivity index (χ1n) is 9.96. The number of nitrogens with one attached hydrogen (secondary N) is 2. The number of sulfone groups is 1. The summed E-state index contributed by atoms with van der Waals surface area (Å²) in [6, 6.07) is 10.5. The van der Waals surface area contributed by atoms with Crippen LogP contribution in [0.1, 0.15) is 17.9 Å². The van der Waals surface area contributed by atoms with Crippen molar-refractivity contribution in [2.75, 3.05) is 13.1 Å². The highest BCUT2D eigenvalue weighted by Gasteiger charge is 2.34. The minimum atomic E-state index is -3.37. The summed E-state index contributed by atoms with van der Waals surface area (Å²) in [6.07, 6.45) is 2.30. The Kier molecular flexibility index (Phi) is 4.99. The zero-order valence-corrected chi connectivity index (χ0v) is 18.5. The molecule has 3 aromatic heterocycles. The van der Waals surface area contributed by atoms with E-state index in [2.05, 4.69) is 20.2 Å². The zero-order valence-electron chi connectivity index (χ0n) is 16.8. The Morgan fingerprint density at radius 1 is 1.26 bits per heavy atom. The van der Waals surface area contributed by atoms with E-state index in [1.165, 1.54) is 11.3 Å². The lowest BCUT2D eigenvalue weighted by Gasteiger charge is -2.15. The lowest BCUT2D eigenvalue weighted by Crippen LogP contribution is -2.28. The number of thiophene rings is 1. The highest BCUT2D eigenvalue weighted by atomic mass is 32.2. The van der Waals surface area contributed by atoms with Crippen LogP contribution in [0, 0.1) is 6.92 Å². The number of fused-ring (bicyclic) bond motifs is 1. The Morgan fingerprint density at radius 2 is 2.06 bits per heavy atom. The van der Waals surface area contributed by atoms with Gasteiger partial charge in [0.2, 0.25) is 0 Å². The van der Waals surface area contributed by atoms with Crippen molar-refractivity contribution in [1.29, 1.82) is 0 Å². The van der Waals surface area contributed by atoms with Gasteiger partial charge in [-0.25, -0.2) is 13.4 Å². The van der Waals surface area contributed by atoms with Gasteiger partial charge in [0.05, 0.1) is 28.4 Å². The number of likely N-dealkylation sites (tertiary alicyclic amines) is 1. The molecule has 4 aromatic rings. The van der Waals surface area contributed by atoms with Crippen molar-refractivity contribution in [2.45, 2.75) is 30.0 Å². The Morgan fingerprint density at radius 3 is 2.81 bits per heavy atom. The second kappa shape index (κ2) is 7.70. The quantitative estimate of drug-likeness (QED) is 0.479. The van der Waals surface area contributed by atoms with Crippen LogP contribution in [0.2, 0.25) is 0 Å². The molecule has 1 atom stereocenters. The van der Waals surface area contributed by atoms with E-state index < -0.39 is 15.1 Å². The van der Waals surface area contributed by atoms with Crippen LogP contribution in [0.4, 0.5) is 0 Å². The Balaban J connectivity index is 1.36. The summed E-state index contributed by atoms with van der Waals surface area (Å²) in [5.74, 6) is 0.545. The molecule has 1 aromatic carbocycles. The monoisotopic (exact) mass is 455 g/mol. The summed E-state index contributed by atoms with van der Waals surface area (Å²) in [5, 5.41) is 6.50. The predicted octanol–water partition coefficient (Wildman–Crippen LogP) is 2.73. The normalized spacial score (nSPS) is 17.5. The van der Waals surface area contributed by atoms with E-state index >= 15 is 0 Å². The molecule has 2 N–H and O–H groups in total. The molecule has 1 fully saturated rings. The van der Waals surface area contributed by atoms with Gasteiger partial charge >= 0.3 is 0 Å². The topological polar surface area (TPSA) is 112 Å². The minimum Gasteiger partial charge on any atom is -0.308 e. The van der Waals surface area contributed by atoms with E-state index in [-0.39, 0.29) is 5.56 Å². The highest BCUT2D eigenvalue weighted by molar-refractivity contribution is 7.92. The van der Waals surface area contributed by atoms with E-state index in [0.717, 1.165) is 16.1 Å². The maximum Gasteiger partial charge on any atom is 0.268 e. The number of aromatic nitrogens is 4. The van der Waals surface area contributed by atoms with Crippen LogP contribution in [0.25, 0.3) is 20.7 Å². The second-order valence-corrected chi connectivity index (χ2v) is 11.0. The Bertz CT molecular complexity index is 1410. The maximum atomic E-state index is 12.9. The van der Waals surface area contributed by atoms with Crippen LogP contribution in [0.5, 0.6) is 0 Å². The molecule has 1 aliphatic rings. The summed E-state index contributed by atoms with van der Waals surface area (Å²) in [6.45, 7) is 3.40. The number of aryl methyl sites for hydroxylation is 1. The van der Waals surface area contributed by atoms with Crippen LogP contribution in [0.3, 0.4) is 0 Å². The van der Waals surface area contributed by atoms with Crippen molar-refractivity contribution in [3.05, 3.63) is 64.5 Å². The number of nitrogens with zero attached hydrogens (tertiary/aromatic N) is 3. The fourth-order valence-electron chi connectivity index (χ4n) is 4.00. The van der Waals surface area contributed by atoms with Crippen molar-refractivity contribution < 1.29 is 8.42 Å². The summed E-state index contributed by atoms with van der Waals surface area (Å²) >= 11 is 1.39. The van der Waals surface area contributed by atoms with Crippen molar-refractivity contribution in [1.82, 2.24) is 25.1 Å². The lowest BCUT2D eigenvalue weighted by atomic mass is 10.2. The van der Waals surface area contributed by atoms with Crippen molar-refractivity contribution in [2.24, 2.45) is 0 Å².